The average molecular weight is 1090 g/mol. The van der Waals surface area contributed by atoms with Gasteiger partial charge in [-0.3, -0.25) is 68.6 Å². The number of primary amides is 2. The van der Waals surface area contributed by atoms with Gasteiger partial charge < -0.3 is 73.8 Å². The summed E-state index contributed by atoms with van der Waals surface area (Å²) in [5.74, 6) is -8.97. The fraction of sp³-hybridized carbons (Fsp3) is 0.682. The fourth-order valence-electron chi connectivity index (χ4n) is 6.36. The van der Waals surface area contributed by atoms with Gasteiger partial charge in [0, 0.05) is 39.3 Å². The van der Waals surface area contributed by atoms with Crippen molar-refractivity contribution in [1.29, 1.82) is 0 Å². The summed E-state index contributed by atoms with van der Waals surface area (Å²) in [4.78, 5) is 162. The summed E-state index contributed by atoms with van der Waals surface area (Å²) in [6.45, 7) is 7.48. The standard InChI is InChI=1S/C44H76N14O16S/c1-7-71-33(61)19-16-28(51-25(5)59)37(65)55-30(17-20-34(62)72-8-2)39(67)56-31(21-24-75-6)40(68)54-29(15-18-32(45)60)38(66)53-27(14-12-23-50-42(48)58-44(70)74-10-4)36(64)52-26(35(46)63)13-11-22-49-41(47)57-43(69)73-9-3/h26-31H,7-24H2,1-6H3,(H2,45,60)(H2,46,63)(H,51,59)(H,52,64)(H,53,66)(H,54,68)(H,55,65)(H,56,67)(H3,47,49,57,69)(H3,48,50,58,70). The first-order valence-electron chi connectivity index (χ1n) is 24.2. The average Bonchev–Trinajstić information content (AvgIpc) is 3.33. The van der Waals surface area contributed by atoms with Crippen LogP contribution in [0.15, 0.2) is 9.98 Å². The Kier molecular flexibility index (Phi) is 35.2. The van der Waals surface area contributed by atoms with Crippen LogP contribution in [-0.2, 0) is 66.9 Å². The van der Waals surface area contributed by atoms with Gasteiger partial charge in [0.2, 0.25) is 47.3 Å². The molecule has 0 rings (SSSR count). The van der Waals surface area contributed by atoms with Crippen LogP contribution >= 0.6 is 11.8 Å². The third-order valence-corrected chi connectivity index (χ3v) is 10.6. The van der Waals surface area contributed by atoms with Gasteiger partial charge in [-0.15, -0.1) is 0 Å². The highest BCUT2D eigenvalue weighted by Crippen LogP contribution is 2.10. The molecule has 0 aromatic rings. The summed E-state index contributed by atoms with van der Waals surface area (Å²) in [5, 5.41) is 19.3. The second-order valence-electron chi connectivity index (χ2n) is 15.9. The van der Waals surface area contributed by atoms with E-state index in [-0.39, 0.29) is 115 Å². The van der Waals surface area contributed by atoms with Crippen LogP contribution in [0.4, 0.5) is 9.59 Å². The maximum Gasteiger partial charge on any atom is 0.413 e. The lowest BCUT2D eigenvalue weighted by Gasteiger charge is -2.27. The van der Waals surface area contributed by atoms with Gasteiger partial charge in [0.05, 0.1) is 26.4 Å². The molecule has 0 saturated carbocycles. The number of carbonyl (C=O) groups is 12. The van der Waals surface area contributed by atoms with Crippen LogP contribution in [0.3, 0.4) is 0 Å². The van der Waals surface area contributed by atoms with E-state index < -0.39 is 120 Å². The Morgan fingerprint density at radius 1 is 0.453 bits per heavy atom. The van der Waals surface area contributed by atoms with Gasteiger partial charge in [0.15, 0.2) is 11.9 Å². The Labute approximate surface area is 438 Å². The van der Waals surface area contributed by atoms with Crippen molar-refractivity contribution >= 4 is 95.1 Å². The van der Waals surface area contributed by atoms with E-state index in [4.69, 9.17) is 41.9 Å². The number of hydrogen-bond acceptors (Lipinski definition) is 19. The number of nitrogens with zero attached hydrogens (tertiary/aromatic N) is 2. The molecule has 6 unspecified atom stereocenters. The van der Waals surface area contributed by atoms with Crippen LogP contribution < -0.4 is 65.5 Å². The fourth-order valence-corrected chi connectivity index (χ4v) is 6.83. The number of rotatable bonds is 36. The van der Waals surface area contributed by atoms with Crippen LogP contribution in [0.25, 0.3) is 0 Å². The highest BCUT2D eigenvalue weighted by atomic mass is 32.2. The van der Waals surface area contributed by atoms with Crippen molar-refractivity contribution in [3.05, 3.63) is 0 Å². The Balaban J connectivity index is 6.82. The van der Waals surface area contributed by atoms with Crippen molar-refractivity contribution in [2.24, 2.45) is 32.9 Å². The highest BCUT2D eigenvalue weighted by Gasteiger charge is 2.34. The summed E-state index contributed by atoms with van der Waals surface area (Å²) in [6, 6.07) is -8.71. The maximum absolute atomic E-state index is 14.1. The molecule has 0 heterocycles. The molecule has 0 spiro atoms. The van der Waals surface area contributed by atoms with E-state index in [1.165, 1.54) is 11.8 Å². The first-order valence-corrected chi connectivity index (χ1v) is 25.5. The number of alkyl carbamates (subject to hydrolysis) is 2. The molecule has 0 bridgehead atoms. The summed E-state index contributed by atoms with van der Waals surface area (Å²) in [6.07, 6.45) is -2.34. The van der Waals surface area contributed by atoms with Crippen LogP contribution in [0.2, 0.25) is 0 Å². The topological polar surface area (TPSA) is 467 Å². The zero-order valence-electron chi connectivity index (χ0n) is 43.3. The molecule has 10 amide bonds. The number of amides is 10. The number of nitrogens with one attached hydrogen (secondary N) is 8. The third kappa shape index (κ3) is 31.7. The van der Waals surface area contributed by atoms with Gasteiger partial charge >= 0.3 is 24.1 Å². The number of guanidine groups is 2. The number of esters is 2. The van der Waals surface area contributed by atoms with E-state index in [2.05, 4.69) is 52.5 Å². The van der Waals surface area contributed by atoms with E-state index in [1.54, 1.807) is 34.0 Å². The number of thioether (sulfide) groups is 1. The lowest BCUT2D eigenvalue weighted by molar-refractivity contribution is -0.145. The zero-order chi connectivity index (χ0) is 56.9. The van der Waals surface area contributed by atoms with Gasteiger partial charge in [-0.25, -0.2) is 9.59 Å². The zero-order valence-corrected chi connectivity index (χ0v) is 44.2. The van der Waals surface area contributed by atoms with Gasteiger partial charge in [-0.2, -0.15) is 11.8 Å². The molecule has 31 heteroatoms. The first kappa shape index (κ1) is 67.5. The predicted octanol–water partition coefficient (Wildman–Crippen LogP) is -3.21. The number of carbonyl (C=O) groups excluding carboxylic acids is 12. The molecule has 0 aliphatic rings. The van der Waals surface area contributed by atoms with E-state index in [0.717, 1.165) is 6.92 Å². The van der Waals surface area contributed by atoms with Crippen molar-refractivity contribution in [2.45, 2.75) is 141 Å². The molecule has 6 atom stereocenters. The molecule has 0 aromatic heterocycles. The molecular formula is C44H76N14O16S. The molecule has 0 radical (unpaired) electrons. The number of aliphatic imine (C=N–C) groups is 2. The number of ether oxygens (including phenoxy) is 4. The van der Waals surface area contributed by atoms with Crippen molar-refractivity contribution < 1.29 is 76.5 Å². The number of hydrogen-bond donors (Lipinski definition) is 12. The largest absolute Gasteiger partial charge is 0.466 e. The minimum absolute atomic E-state index is 0.00749. The Bertz CT molecular complexity index is 1990. The highest BCUT2D eigenvalue weighted by molar-refractivity contribution is 7.98. The second-order valence-corrected chi connectivity index (χ2v) is 16.9. The molecule has 0 aliphatic heterocycles. The summed E-state index contributed by atoms with van der Waals surface area (Å²) in [7, 11) is 0. The SMILES string of the molecule is CCOC(=O)CCC(NC(C)=O)C(=O)NC(CCC(=O)OCC)C(=O)NC(CCSC)C(=O)NC(CCC(N)=O)C(=O)NC(CCCN=C(N)NC(=O)OCC)C(=O)NC(CCCN=C(N)NC(=O)OCC)C(N)=O. The Morgan fingerprint density at radius 3 is 1.13 bits per heavy atom. The number of nitrogens with two attached hydrogens (primary N) is 4. The van der Waals surface area contributed by atoms with E-state index >= 15 is 0 Å². The van der Waals surface area contributed by atoms with Crippen LogP contribution in [0.1, 0.15) is 105 Å². The van der Waals surface area contributed by atoms with Gasteiger partial charge in [0.25, 0.3) is 0 Å². The van der Waals surface area contributed by atoms with Gasteiger partial charge in [-0.05, 0) is 91.1 Å². The molecule has 0 saturated heterocycles. The molecule has 0 aliphatic carbocycles. The monoisotopic (exact) mass is 1090 g/mol. The Morgan fingerprint density at radius 2 is 0.787 bits per heavy atom. The van der Waals surface area contributed by atoms with E-state index in [0.29, 0.717) is 0 Å². The molecule has 0 fully saturated rings. The van der Waals surface area contributed by atoms with Crippen molar-refractivity contribution in [2.75, 3.05) is 51.5 Å². The first-order chi connectivity index (χ1) is 35.5. The Hall–Kier alpha value is -7.47. The molecule has 16 N–H and O–H groups in total. The maximum atomic E-state index is 14.1. The van der Waals surface area contributed by atoms with Gasteiger partial charge in [0.1, 0.15) is 36.3 Å². The normalized spacial score (nSPS) is 13.6. The molecule has 75 heavy (non-hydrogen) atoms. The molecule has 30 nitrogen and oxygen atoms in total. The molecular weight excluding hydrogens is 1010 g/mol. The minimum atomic E-state index is -1.60. The van der Waals surface area contributed by atoms with Crippen molar-refractivity contribution in [3.8, 4) is 0 Å². The quantitative estimate of drug-likeness (QED) is 0.00966. The second kappa shape index (κ2) is 39.1. The smallest absolute Gasteiger partial charge is 0.413 e. The van der Waals surface area contributed by atoms with Crippen molar-refractivity contribution in [3.63, 3.8) is 0 Å². The van der Waals surface area contributed by atoms with Crippen LogP contribution in [0, 0.1) is 0 Å². The van der Waals surface area contributed by atoms with Crippen molar-refractivity contribution in [1.82, 2.24) is 42.5 Å². The van der Waals surface area contributed by atoms with Crippen LogP contribution in [0.5, 0.6) is 0 Å². The molecule has 0 aromatic carbocycles. The summed E-state index contributed by atoms with van der Waals surface area (Å²) < 4.78 is 19.4. The van der Waals surface area contributed by atoms with E-state index in [1.807, 2.05) is 0 Å². The summed E-state index contributed by atoms with van der Waals surface area (Å²) in [5.41, 5.74) is 22.5. The minimum Gasteiger partial charge on any atom is -0.466 e. The van der Waals surface area contributed by atoms with Crippen LogP contribution in [-0.4, -0.2) is 171 Å². The van der Waals surface area contributed by atoms with E-state index in [9.17, 15) is 57.5 Å². The summed E-state index contributed by atoms with van der Waals surface area (Å²) >= 11 is 1.28. The molecule has 424 valence electrons. The van der Waals surface area contributed by atoms with Gasteiger partial charge in [-0.1, -0.05) is 0 Å². The predicted molar refractivity (Wildman–Crippen MR) is 271 cm³/mol. The third-order valence-electron chi connectivity index (χ3n) is 9.94. The lowest BCUT2D eigenvalue weighted by Crippen LogP contribution is -2.59. The lowest BCUT2D eigenvalue weighted by atomic mass is 10.0.